The Balaban J connectivity index is 1.47. The Morgan fingerprint density at radius 1 is 0.809 bits per heavy atom. The van der Waals surface area contributed by atoms with Gasteiger partial charge in [-0.15, -0.1) is 11.8 Å². The van der Waals surface area contributed by atoms with Crippen LogP contribution >= 0.6 is 11.8 Å². The van der Waals surface area contributed by atoms with Crippen LogP contribution in [0, 0.1) is 0 Å². The monoisotopic (exact) mass is 653 g/mol. The normalized spacial score (nSPS) is 11.6. The quantitative estimate of drug-likeness (QED) is 0.0695. The predicted molar refractivity (Wildman–Crippen MR) is 187 cm³/mol. The van der Waals surface area contributed by atoms with Gasteiger partial charge in [0.2, 0.25) is 5.91 Å². The van der Waals surface area contributed by atoms with Crippen LogP contribution < -0.4 is 30.2 Å². The predicted octanol–water partition coefficient (Wildman–Crippen LogP) is 7.41. The number of carbonyl (C=O) groups excluding carboxylic acids is 3. The molecule has 0 aromatic heterocycles. The Bertz CT molecular complexity index is 1690. The average Bonchev–Trinajstić information content (AvgIpc) is 3.09. The van der Waals surface area contributed by atoms with Crippen molar-refractivity contribution in [2.24, 2.45) is 0 Å². The van der Waals surface area contributed by atoms with E-state index in [0.29, 0.717) is 40.6 Å². The van der Waals surface area contributed by atoms with Crippen LogP contribution in [0.4, 0.5) is 11.4 Å². The summed E-state index contributed by atoms with van der Waals surface area (Å²) in [6.07, 6.45) is 3.58. The number of rotatable bonds is 15. The molecule has 4 rings (SSSR count). The molecule has 0 aliphatic carbocycles. The van der Waals surface area contributed by atoms with Gasteiger partial charge in [-0.25, -0.2) is 0 Å². The highest BCUT2D eigenvalue weighted by atomic mass is 32.2. The number of thioether (sulfide) groups is 1. The second kappa shape index (κ2) is 17.5. The topological polar surface area (TPSA) is 115 Å². The van der Waals surface area contributed by atoms with Crippen molar-refractivity contribution in [1.29, 1.82) is 0 Å². The average molecular weight is 654 g/mol. The number of amides is 3. The third-order valence-electron chi connectivity index (χ3n) is 6.93. The summed E-state index contributed by atoms with van der Waals surface area (Å²) in [6.45, 7) is 4.58. The molecule has 0 heterocycles. The van der Waals surface area contributed by atoms with Crippen molar-refractivity contribution in [3.8, 4) is 17.2 Å². The van der Waals surface area contributed by atoms with Crippen LogP contribution in [0.1, 0.15) is 42.6 Å². The van der Waals surface area contributed by atoms with Crippen molar-refractivity contribution < 1.29 is 28.6 Å². The summed E-state index contributed by atoms with van der Waals surface area (Å²) in [4.78, 5) is 40.5. The van der Waals surface area contributed by atoms with Crippen molar-refractivity contribution in [2.45, 2.75) is 36.8 Å². The van der Waals surface area contributed by atoms with E-state index in [4.69, 9.17) is 14.2 Å². The SMILES string of the molecule is CCCCOc1ccc(NC(=O)C(C)Sc2cccc(NC(=O)/C(=C\c3cc(OC)ccc3OC)NC(=O)c3ccccc3)c2)cc1. The van der Waals surface area contributed by atoms with Gasteiger partial charge in [0.1, 0.15) is 22.9 Å². The number of anilines is 2. The summed E-state index contributed by atoms with van der Waals surface area (Å²) in [5.74, 6) is 0.656. The highest BCUT2D eigenvalue weighted by molar-refractivity contribution is 8.00. The first-order chi connectivity index (χ1) is 22.8. The first-order valence-electron chi connectivity index (χ1n) is 15.2. The zero-order chi connectivity index (χ0) is 33.6. The van der Waals surface area contributed by atoms with Crippen LogP contribution in [0.15, 0.2) is 108 Å². The van der Waals surface area contributed by atoms with E-state index >= 15 is 0 Å². The van der Waals surface area contributed by atoms with Gasteiger partial charge in [0.15, 0.2) is 0 Å². The lowest BCUT2D eigenvalue weighted by molar-refractivity contribution is -0.115. The van der Waals surface area contributed by atoms with Gasteiger partial charge in [-0.3, -0.25) is 14.4 Å². The second-order valence-corrected chi connectivity index (χ2v) is 11.9. The molecule has 0 fully saturated rings. The molecule has 0 saturated carbocycles. The fourth-order valence-electron chi connectivity index (χ4n) is 4.37. The first-order valence-corrected chi connectivity index (χ1v) is 16.1. The van der Waals surface area contributed by atoms with Crippen molar-refractivity contribution >= 4 is 46.9 Å². The van der Waals surface area contributed by atoms with Crippen LogP contribution in [-0.4, -0.2) is 43.8 Å². The van der Waals surface area contributed by atoms with Crippen LogP contribution in [0.2, 0.25) is 0 Å². The summed E-state index contributed by atoms with van der Waals surface area (Å²) < 4.78 is 16.5. The number of methoxy groups -OCH3 is 2. The molecule has 0 saturated heterocycles. The van der Waals surface area contributed by atoms with E-state index in [1.54, 1.807) is 66.7 Å². The minimum atomic E-state index is -0.547. The van der Waals surface area contributed by atoms with Gasteiger partial charge in [-0.1, -0.05) is 37.6 Å². The Morgan fingerprint density at radius 2 is 1.55 bits per heavy atom. The van der Waals surface area contributed by atoms with Crippen LogP contribution in [0.25, 0.3) is 6.08 Å². The number of unbranched alkanes of at least 4 members (excludes halogenated alkanes) is 1. The molecule has 4 aromatic rings. The zero-order valence-corrected chi connectivity index (χ0v) is 27.7. The maximum Gasteiger partial charge on any atom is 0.272 e. The van der Waals surface area contributed by atoms with E-state index in [1.165, 1.54) is 32.1 Å². The van der Waals surface area contributed by atoms with Crippen LogP contribution in [0.5, 0.6) is 17.2 Å². The van der Waals surface area contributed by atoms with Crippen molar-refractivity contribution in [1.82, 2.24) is 5.32 Å². The van der Waals surface area contributed by atoms with Crippen LogP contribution in [0.3, 0.4) is 0 Å². The summed E-state index contributed by atoms with van der Waals surface area (Å²) in [5.41, 5.74) is 2.09. The zero-order valence-electron chi connectivity index (χ0n) is 26.9. The van der Waals surface area contributed by atoms with Crippen molar-refractivity contribution in [3.63, 3.8) is 0 Å². The summed E-state index contributed by atoms with van der Waals surface area (Å²) in [7, 11) is 3.06. The number of carbonyl (C=O) groups is 3. The van der Waals surface area contributed by atoms with Crippen LogP contribution in [-0.2, 0) is 9.59 Å². The van der Waals surface area contributed by atoms with E-state index in [9.17, 15) is 14.4 Å². The highest BCUT2D eigenvalue weighted by Crippen LogP contribution is 2.29. The molecular formula is C37H39N3O6S. The fraction of sp³-hybridized carbons (Fsp3) is 0.216. The molecule has 0 aliphatic rings. The smallest absolute Gasteiger partial charge is 0.272 e. The first kappa shape index (κ1) is 34.6. The van der Waals surface area contributed by atoms with E-state index < -0.39 is 17.1 Å². The standard InChI is InChI=1S/C37H39N3O6S/c1-5-6-21-46-30-17-15-28(16-18-30)38-35(41)25(2)47-32-14-10-13-29(24-32)39-37(43)33(40-36(42)26-11-8-7-9-12-26)23-27-22-31(44-3)19-20-34(27)45-4/h7-20,22-25H,5-6,21H2,1-4H3,(H,38,41)(H,39,43)(H,40,42)/b33-23+. The maximum atomic E-state index is 13.6. The van der Waals surface area contributed by atoms with Crippen molar-refractivity contribution in [3.05, 3.63) is 114 Å². The lowest BCUT2D eigenvalue weighted by Crippen LogP contribution is -2.30. The van der Waals surface area contributed by atoms with E-state index in [-0.39, 0.29) is 11.6 Å². The highest BCUT2D eigenvalue weighted by Gasteiger charge is 2.18. The van der Waals surface area contributed by atoms with Gasteiger partial charge >= 0.3 is 0 Å². The summed E-state index contributed by atoms with van der Waals surface area (Å²) in [6, 6.07) is 28.2. The number of benzene rings is 4. The Labute approximate surface area is 279 Å². The lowest BCUT2D eigenvalue weighted by Gasteiger charge is -2.15. The molecule has 47 heavy (non-hydrogen) atoms. The molecule has 4 aromatic carbocycles. The molecular weight excluding hydrogens is 614 g/mol. The molecule has 9 nitrogen and oxygen atoms in total. The lowest BCUT2D eigenvalue weighted by atomic mass is 10.1. The molecule has 0 radical (unpaired) electrons. The van der Waals surface area contributed by atoms with Gasteiger partial charge in [-0.2, -0.15) is 0 Å². The fourth-order valence-corrected chi connectivity index (χ4v) is 5.29. The number of hydrogen-bond donors (Lipinski definition) is 3. The molecule has 244 valence electrons. The number of ether oxygens (including phenoxy) is 3. The van der Waals surface area contributed by atoms with E-state index in [2.05, 4.69) is 22.9 Å². The van der Waals surface area contributed by atoms with Gasteiger partial charge < -0.3 is 30.2 Å². The Hall–Kier alpha value is -5.22. The third-order valence-corrected chi connectivity index (χ3v) is 8.02. The molecule has 0 bridgehead atoms. The largest absolute Gasteiger partial charge is 0.497 e. The molecule has 3 N–H and O–H groups in total. The van der Waals surface area contributed by atoms with Gasteiger partial charge in [0, 0.05) is 27.4 Å². The third kappa shape index (κ3) is 10.4. The minimum absolute atomic E-state index is 0.00186. The molecule has 0 spiro atoms. The second-order valence-electron chi connectivity index (χ2n) is 10.4. The Morgan fingerprint density at radius 3 is 2.26 bits per heavy atom. The van der Waals surface area contributed by atoms with Gasteiger partial charge in [0.05, 0.1) is 26.1 Å². The Kier molecular flexibility index (Phi) is 12.9. The van der Waals surface area contributed by atoms with E-state index in [1.807, 2.05) is 37.3 Å². The minimum Gasteiger partial charge on any atom is -0.497 e. The number of hydrogen-bond acceptors (Lipinski definition) is 7. The summed E-state index contributed by atoms with van der Waals surface area (Å²) >= 11 is 1.35. The maximum absolute atomic E-state index is 13.6. The van der Waals surface area contributed by atoms with E-state index in [0.717, 1.165) is 23.5 Å². The molecule has 10 heteroatoms. The molecule has 1 unspecified atom stereocenters. The molecule has 1 atom stereocenters. The summed E-state index contributed by atoms with van der Waals surface area (Å²) in [5, 5.41) is 8.12. The van der Waals surface area contributed by atoms with Gasteiger partial charge in [0.25, 0.3) is 11.8 Å². The van der Waals surface area contributed by atoms with Crippen molar-refractivity contribution in [2.75, 3.05) is 31.5 Å². The molecule has 3 amide bonds. The van der Waals surface area contributed by atoms with Gasteiger partial charge in [-0.05, 0) is 92.2 Å². The number of nitrogens with one attached hydrogen (secondary N) is 3. The molecule has 0 aliphatic heterocycles.